The van der Waals surface area contributed by atoms with Crippen LogP contribution in [-0.4, -0.2) is 38.7 Å². The van der Waals surface area contributed by atoms with Crippen molar-refractivity contribution in [1.82, 2.24) is 10.1 Å². The minimum Gasteiger partial charge on any atom is -0.381 e. The molecule has 1 fully saturated rings. The number of aryl methyl sites for hydroxylation is 1. The molecule has 1 saturated heterocycles. The molecule has 2 aromatic rings. The number of aromatic nitrogens is 2. The molecule has 3 rings (SSSR count). The Morgan fingerprint density at radius 2 is 2.03 bits per heavy atom. The average Bonchev–Trinajstić information content (AvgIpc) is 3.17. The first-order valence-corrected chi connectivity index (χ1v) is 11.4. The third kappa shape index (κ3) is 6.47. The molecule has 0 radical (unpaired) electrons. The van der Waals surface area contributed by atoms with E-state index in [-0.39, 0.29) is 23.0 Å². The lowest BCUT2D eigenvalue weighted by molar-refractivity contribution is -0.116. The van der Waals surface area contributed by atoms with Gasteiger partial charge in [0.15, 0.2) is 5.82 Å². The van der Waals surface area contributed by atoms with Crippen LogP contribution in [0.25, 0.3) is 0 Å². The molecule has 0 bridgehead atoms. The number of anilines is 1. The van der Waals surface area contributed by atoms with Crippen LogP contribution in [0.3, 0.4) is 0 Å². The Morgan fingerprint density at radius 1 is 1.28 bits per heavy atom. The molecule has 158 valence electrons. The van der Waals surface area contributed by atoms with Gasteiger partial charge < -0.3 is 14.6 Å². The zero-order valence-electron chi connectivity index (χ0n) is 17.3. The predicted molar refractivity (Wildman–Crippen MR) is 112 cm³/mol. The topological polar surface area (TPSA) is 94.3 Å². The van der Waals surface area contributed by atoms with Gasteiger partial charge in [0.25, 0.3) is 0 Å². The van der Waals surface area contributed by atoms with E-state index in [0.29, 0.717) is 42.8 Å². The zero-order chi connectivity index (χ0) is 20.9. The van der Waals surface area contributed by atoms with Gasteiger partial charge in [-0.25, -0.2) is 0 Å². The average molecular weight is 420 g/mol. The van der Waals surface area contributed by atoms with Crippen LogP contribution in [-0.2, 0) is 37.9 Å². The van der Waals surface area contributed by atoms with E-state index in [1.165, 1.54) is 0 Å². The summed E-state index contributed by atoms with van der Waals surface area (Å²) in [4.78, 5) is 16.6. The monoisotopic (exact) mass is 419 g/mol. The van der Waals surface area contributed by atoms with Gasteiger partial charge in [-0.05, 0) is 30.5 Å². The van der Waals surface area contributed by atoms with E-state index in [2.05, 4.69) is 15.5 Å². The van der Waals surface area contributed by atoms with Gasteiger partial charge in [0.2, 0.25) is 11.8 Å². The van der Waals surface area contributed by atoms with E-state index in [1.54, 1.807) is 0 Å². The molecule has 8 heteroatoms. The van der Waals surface area contributed by atoms with Crippen molar-refractivity contribution < 1.29 is 18.3 Å². The molecule has 1 N–H and O–H groups in total. The molecular weight excluding hydrogens is 390 g/mol. The quantitative estimate of drug-likeness (QED) is 0.739. The summed E-state index contributed by atoms with van der Waals surface area (Å²) in [5.41, 5.74) is 1.48. The van der Waals surface area contributed by atoms with Crippen molar-refractivity contribution in [2.45, 2.75) is 62.9 Å². The molecule has 0 saturated carbocycles. The molecule has 1 aromatic carbocycles. The van der Waals surface area contributed by atoms with Crippen molar-refractivity contribution in [3.63, 3.8) is 0 Å². The normalized spacial score (nSPS) is 16.5. The van der Waals surface area contributed by atoms with Crippen LogP contribution in [0.15, 0.2) is 28.8 Å². The minimum atomic E-state index is -0.932. The van der Waals surface area contributed by atoms with E-state index in [4.69, 9.17) is 9.26 Å². The molecular formula is C21H29N3O4S. The maximum Gasteiger partial charge on any atom is 0.227 e. The number of benzene rings is 1. The number of nitrogens with one attached hydrogen (secondary N) is 1. The lowest BCUT2D eigenvalue weighted by Crippen LogP contribution is -2.25. The van der Waals surface area contributed by atoms with Crippen LogP contribution in [0.5, 0.6) is 0 Å². The number of hydrogen-bond donors (Lipinski definition) is 1. The summed E-state index contributed by atoms with van der Waals surface area (Å²) in [5.74, 6) is 1.47. The summed E-state index contributed by atoms with van der Waals surface area (Å²) in [6.45, 7) is 7.40. The zero-order valence-corrected chi connectivity index (χ0v) is 18.1. The Balaban J connectivity index is 1.50. The number of carbonyl (C=O) groups is 1. The lowest BCUT2D eigenvalue weighted by atomic mass is 9.96. The highest BCUT2D eigenvalue weighted by molar-refractivity contribution is 7.84. The maximum atomic E-state index is 12.6. The molecule has 1 aromatic heterocycles. The van der Waals surface area contributed by atoms with E-state index >= 15 is 0 Å². The molecule has 1 unspecified atom stereocenters. The van der Waals surface area contributed by atoms with E-state index in [1.807, 2.05) is 45.0 Å². The highest BCUT2D eigenvalue weighted by atomic mass is 32.2. The van der Waals surface area contributed by atoms with Gasteiger partial charge in [-0.15, -0.1) is 0 Å². The summed E-state index contributed by atoms with van der Waals surface area (Å²) >= 11 is 0. The molecule has 0 spiro atoms. The molecule has 0 aliphatic carbocycles. The third-order valence-electron chi connectivity index (χ3n) is 4.76. The Kier molecular flexibility index (Phi) is 7.18. The van der Waals surface area contributed by atoms with Crippen LogP contribution in [0.2, 0.25) is 0 Å². The largest absolute Gasteiger partial charge is 0.381 e. The van der Waals surface area contributed by atoms with Crippen molar-refractivity contribution in [2.75, 3.05) is 18.5 Å². The van der Waals surface area contributed by atoms with Gasteiger partial charge in [-0.2, -0.15) is 4.98 Å². The van der Waals surface area contributed by atoms with Crippen LogP contribution >= 0.6 is 0 Å². The van der Waals surface area contributed by atoms with Gasteiger partial charge in [0.05, 0.1) is 0 Å². The molecule has 1 aliphatic heterocycles. The Bertz CT molecular complexity index is 854. The summed E-state index contributed by atoms with van der Waals surface area (Å²) < 4.78 is 23.1. The smallest absolute Gasteiger partial charge is 0.227 e. The third-order valence-corrected chi connectivity index (χ3v) is 6.60. The summed E-state index contributed by atoms with van der Waals surface area (Å²) in [7, 11) is -0.932. The van der Waals surface area contributed by atoms with E-state index in [0.717, 1.165) is 18.4 Å². The summed E-state index contributed by atoms with van der Waals surface area (Å²) in [6.07, 6.45) is 2.33. The van der Waals surface area contributed by atoms with E-state index in [9.17, 15) is 9.00 Å². The first-order chi connectivity index (χ1) is 13.8. The van der Waals surface area contributed by atoms with Gasteiger partial charge in [-0.3, -0.25) is 9.00 Å². The van der Waals surface area contributed by atoms with Crippen molar-refractivity contribution >= 4 is 22.4 Å². The SMILES string of the molecule is CC(C)(C)c1noc(CCC(=O)Nc2cccc(CS(=O)C3CCOCC3)c2)n1. The van der Waals surface area contributed by atoms with Crippen molar-refractivity contribution in [2.24, 2.45) is 0 Å². The number of carbonyl (C=O) groups excluding carboxylic acids is 1. The number of ether oxygens (including phenoxy) is 1. The number of hydrogen-bond acceptors (Lipinski definition) is 6. The van der Waals surface area contributed by atoms with Crippen LogP contribution in [0.1, 0.15) is 57.3 Å². The maximum absolute atomic E-state index is 12.6. The Hall–Kier alpha value is -2.06. The molecule has 1 atom stereocenters. The molecule has 1 aliphatic rings. The van der Waals surface area contributed by atoms with Gasteiger partial charge in [0, 0.05) is 59.0 Å². The van der Waals surface area contributed by atoms with Crippen LogP contribution in [0.4, 0.5) is 5.69 Å². The van der Waals surface area contributed by atoms with Crippen LogP contribution < -0.4 is 5.32 Å². The molecule has 2 heterocycles. The standard InChI is InChI=1S/C21H29N3O4S/c1-21(2,3)20-23-19(28-24-20)8-7-18(25)22-16-6-4-5-15(13-16)14-29(26)17-9-11-27-12-10-17/h4-6,13,17H,7-12,14H2,1-3H3,(H,22,25). The van der Waals surface area contributed by atoms with Crippen LogP contribution in [0, 0.1) is 0 Å². The van der Waals surface area contributed by atoms with Crippen molar-refractivity contribution in [1.29, 1.82) is 0 Å². The molecule has 7 nitrogen and oxygen atoms in total. The van der Waals surface area contributed by atoms with Crippen molar-refractivity contribution in [3.8, 4) is 0 Å². The second-order valence-electron chi connectivity index (χ2n) is 8.35. The van der Waals surface area contributed by atoms with Gasteiger partial charge >= 0.3 is 0 Å². The Labute approximate surface area is 174 Å². The predicted octanol–water partition coefficient (Wildman–Crippen LogP) is 3.37. The second kappa shape index (κ2) is 9.63. The fourth-order valence-corrected chi connectivity index (χ4v) is 4.53. The fraction of sp³-hybridized carbons (Fsp3) is 0.571. The number of rotatable bonds is 7. The lowest BCUT2D eigenvalue weighted by Gasteiger charge is -2.21. The van der Waals surface area contributed by atoms with Gasteiger partial charge in [0.1, 0.15) is 0 Å². The van der Waals surface area contributed by atoms with Gasteiger partial charge in [-0.1, -0.05) is 38.1 Å². The van der Waals surface area contributed by atoms with Crippen molar-refractivity contribution in [3.05, 3.63) is 41.5 Å². The molecule has 29 heavy (non-hydrogen) atoms. The second-order valence-corrected chi connectivity index (χ2v) is 10.1. The Morgan fingerprint density at radius 3 is 2.72 bits per heavy atom. The molecule has 1 amide bonds. The number of amides is 1. The minimum absolute atomic E-state index is 0.122. The highest BCUT2D eigenvalue weighted by Crippen LogP contribution is 2.20. The number of nitrogens with zero attached hydrogens (tertiary/aromatic N) is 2. The van der Waals surface area contributed by atoms with E-state index < -0.39 is 10.8 Å². The fourth-order valence-electron chi connectivity index (χ4n) is 3.06. The first-order valence-electron chi connectivity index (χ1n) is 9.98. The highest BCUT2D eigenvalue weighted by Gasteiger charge is 2.22. The summed E-state index contributed by atoms with van der Waals surface area (Å²) in [6, 6.07) is 7.54. The first kappa shape index (κ1) is 21.6. The summed E-state index contributed by atoms with van der Waals surface area (Å²) in [5, 5.41) is 7.06.